The van der Waals surface area contributed by atoms with Gasteiger partial charge in [0.1, 0.15) is 6.54 Å². The molecule has 0 spiro atoms. The van der Waals surface area contributed by atoms with E-state index in [2.05, 4.69) is 45.2 Å². The van der Waals surface area contributed by atoms with Gasteiger partial charge in [-0.05, 0) is 38.2 Å². The van der Waals surface area contributed by atoms with Crippen molar-refractivity contribution in [2.24, 2.45) is 4.99 Å². The second kappa shape index (κ2) is 9.07. The third-order valence-corrected chi connectivity index (χ3v) is 3.44. The minimum atomic E-state index is 0.00369. The van der Waals surface area contributed by atoms with E-state index in [4.69, 9.17) is 0 Å². The van der Waals surface area contributed by atoms with Gasteiger partial charge in [-0.15, -0.1) is 0 Å². The summed E-state index contributed by atoms with van der Waals surface area (Å²) in [5.74, 6) is 0.713. The molecule has 0 bridgehead atoms. The molecule has 1 aliphatic rings. The lowest BCUT2D eigenvalue weighted by molar-refractivity contribution is -0.119. The van der Waals surface area contributed by atoms with Crippen LogP contribution in [0.5, 0.6) is 0 Å². The van der Waals surface area contributed by atoms with Crippen molar-refractivity contribution < 1.29 is 4.79 Å². The van der Waals surface area contributed by atoms with Crippen LogP contribution in [0.2, 0.25) is 0 Å². The fourth-order valence-electron chi connectivity index (χ4n) is 2.14. The van der Waals surface area contributed by atoms with Gasteiger partial charge in [-0.25, -0.2) is 4.99 Å². The molecule has 1 fully saturated rings. The molecule has 0 atom stereocenters. The van der Waals surface area contributed by atoms with Gasteiger partial charge in [0.15, 0.2) is 5.96 Å². The highest BCUT2D eigenvalue weighted by atomic mass is 16.2. The van der Waals surface area contributed by atoms with Crippen LogP contribution in [-0.4, -0.2) is 37.5 Å². The summed E-state index contributed by atoms with van der Waals surface area (Å²) in [6.07, 6.45) is 4.28. The number of carbonyl (C=O) groups excluding carboxylic acids is 1. The van der Waals surface area contributed by atoms with Crippen LogP contribution in [0.1, 0.15) is 31.7 Å². The first-order chi connectivity index (χ1) is 10.8. The van der Waals surface area contributed by atoms with Gasteiger partial charge in [0.25, 0.3) is 0 Å². The Morgan fingerprint density at radius 2 is 2.00 bits per heavy atom. The maximum atomic E-state index is 11.6. The summed E-state index contributed by atoms with van der Waals surface area (Å²) in [6, 6.07) is 10.8. The monoisotopic (exact) mass is 302 g/mol. The van der Waals surface area contributed by atoms with Gasteiger partial charge in [0, 0.05) is 19.1 Å². The van der Waals surface area contributed by atoms with Crippen molar-refractivity contribution in [1.82, 2.24) is 16.0 Å². The van der Waals surface area contributed by atoms with E-state index in [1.807, 2.05) is 13.0 Å². The standard InChI is InChI=1S/C17H26N4O/c1-2-18-17(20-13-16(22)21-15-10-11-15)19-12-6-9-14-7-4-3-5-8-14/h3-5,7-8,15H,2,6,9-13H2,1H3,(H,21,22)(H2,18,19,20). The lowest BCUT2D eigenvalue weighted by atomic mass is 10.1. The van der Waals surface area contributed by atoms with Crippen molar-refractivity contribution in [1.29, 1.82) is 0 Å². The van der Waals surface area contributed by atoms with Crippen LogP contribution in [0.15, 0.2) is 35.3 Å². The predicted octanol–water partition coefficient (Wildman–Crippen LogP) is 1.45. The smallest absolute Gasteiger partial charge is 0.242 e. The molecule has 0 unspecified atom stereocenters. The lowest BCUT2D eigenvalue weighted by Gasteiger charge is -2.11. The first-order valence-corrected chi connectivity index (χ1v) is 8.13. The summed E-state index contributed by atoms with van der Waals surface area (Å²) < 4.78 is 0. The van der Waals surface area contributed by atoms with Crippen molar-refractivity contribution >= 4 is 11.9 Å². The quantitative estimate of drug-likeness (QED) is 0.387. The number of nitrogens with zero attached hydrogens (tertiary/aromatic N) is 1. The van der Waals surface area contributed by atoms with E-state index in [-0.39, 0.29) is 12.5 Å². The van der Waals surface area contributed by atoms with Crippen LogP contribution < -0.4 is 16.0 Å². The normalized spacial score (nSPS) is 14.5. The molecule has 0 saturated heterocycles. The molecule has 120 valence electrons. The summed E-state index contributed by atoms with van der Waals surface area (Å²) in [7, 11) is 0. The molecule has 0 aliphatic heterocycles. The molecule has 1 aromatic carbocycles. The Hall–Kier alpha value is -2.04. The maximum Gasteiger partial charge on any atom is 0.242 e. The topological polar surface area (TPSA) is 65.5 Å². The highest BCUT2D eigenvalue weighted by molar-refractivity contribution is 5.85. The van der Waals surface area contributed by atoms with Crippen molar-refractivity contribution in [2.75, 3.05) is 19.6 Å². The van der Waals surface area contributed by atoms with Crippen molar-refractivity contribution in [2.45, 2.75) is 38.6 Å². The number of nitrogens with one attached hydrogen (secondary N) is 3. The summed E-state index contributed by atoms with van der Waals surface area (Å²) in [6.45, 7) is 3.83. The summed E-state index contributed by atoms with van der Waals surface area (Å²) in [5.41, 5.74) is 1.34. The summed E-state index contributed by atoms with van der Waals surface area (Å²) in [4.78, 5) is 16.0. The number of hydrogen-bond donors (Lipinski definition) is 3. The molecule has 1 aromatic rings. The molecule has 22 heavy (non-hydrogen) atoms. The Bertz CT molecular complexity index is 483. The van der Waals surface area contributed by atoms with E-state index in [1.165, 1.54) is 5.56 Å². The van der Waals surface area contributed by atoms with Crippen LogP contribution >= 0.6 is 0 Å². The highest BCUT2D eigenvalue weighted by Gasteiger charge is 2.22. The fraction of sp³-hybridized carbons (Fsp3) is 0.529. The van der Waals surface area contributed by atoms with Crippen molar-refractivity contribution in [3.63, 3.8) is 0 Å². The number of hydrogen-bond acceptors (Lipinski definition) is 2. The van der Waals surface area contributed by atoms with Crippen LogP contribution in [0.4, 0.5) is 0 Å². The van der Waals surface area contributed by atoms with Crippen LogP contribution in [0.3, 0.4) is 0 Å². The number of amides is 1. The SMILES string of the molecule is CCNC(=NCC(=O)NC1CC1)NCCCc1ccccc1. The Kier molecular flexibility index (Phi) is 6.74. The van der Waals surface area contributed by atoms with E-state index < -0.39 is 0 Å². The number of guanidine groups is 1. The summed E-state index contributed by atoms with van der Waals surface area (Å²) >= 11 is 0. The molecule has 5 heteroatoms. The number of aliphatic imine (C=N–C) groups is 1. The minimum Gasteiger partial charge on any atom is -0.357 e. The van der Waals surface area contributed by atoms with Crippen LogP contribution in [-0.2, 0) is 11.2 Å². The largest absolute Gasteiger partial charge is 0.357 e. The molecule has 0 aromatic heterocycles. The Morgan fingerprint density at radius 3 is 2.68 bits per heavy atom. The lowest BCUT2D eigenvalue weighted by Crippen LogP contribution is -2.39. The van der Waals surface area contributed by atoms with E-state index in [9.17, 15) is 4.79 Å². The number of rotatable bonds is 8. The zero-order chi connectivity index (χ0) is 15.6. The van der Waals surface area contributed by atoms with Crippen molar-refractivity contribution in [3.05, 3.63) is 35.9 Å². The van der Waals surface area contributed by atoms with Gasteiger partial charge in [0.05, 0.1) is 0 Å². The first kappa shape index (κ1) is 16.3. The minimum absolute atomic E-state index is 0.00369. The van der Waals surface area contributed by atoms with Gasteiger partial charge in [-0.3, -0.25) is 4.79 Å². The molecule has 3 N–H and O–H groups in total. The van der Waals surface area contributed by atoms with E-state index in [0.29, 0.717) is 12.0 Å². The molecular weight excluding hydrogens is 276 g/mol. The molecule has 5 nitrogen and oxygen atoms in total. The average Bonchev–Trinajstić information content (AvgIpc) is 3.34. The zero-order valence-corrected chi connectivity index (χ0v) is 13.3. The molecule has 2 rings (SSSR count). The maximum absolute atomic E-state index is 11.6. The van der Waals surface area contributed by atoms with Gasteiger partial charge in [-0.1, -0.05) is 30.3 Å². The predicted molar refractivity (Wildman–Crippen MR) is 89.9 cm³/mol. The zero-order valence-electron chi connectivity index (χ0n) is 13.3. The third kappa shape index (κ3) is 6.61. The van der Waals surface area contributed by atoms with Gasteiger partial charge in [-0.2, -0.15) is 0 Å². The van der Waals surface area contributed by atoms with E-state index in [0.717, 1.165) is 38.8 Å². The van der Waals surface area contributed by atoms with Gasteiger partial charge in [0.2, 0.25) is 5.91 Å². The van der Waals surface area contributed by atoms with Crippen LogP contribution in [0.25, 0.3) is 0 Å². The first-order valence-electron chi connectivity index (χ1n) is 8.13. The third-order valence-electron chi connectivity index (χ3n) is 3.44. The molecular formula is C17H26N4O. The Morgan fingerprint density at radius 1 is 1.23 bits per heavy atom. The number of benzene rings is 1. The highest BCUT2D eigenvalue weighted by Crippen LogP contribution is 2.18. The summed E-state index contributed by atoms with van der Waals surface area (Å²) in [5, 5.41) is 9.38. The second-order valence-corrected chi connectivity index (χ2v) is 5.55. The van der Waals surface area contributed by atoms with Crippen LogP contribution in [0, 0.1) is 0 Å². The molecule has 1 amide bonds. The molecule has 0 heterocycles. The number of carbonyl (C=O) groups is 1. The fourth-order valence-corrected chi connectivity index (χ4v) is 2.14. The average molecular weight is 302 g/mol. The van der Waals surface area contributed by atoms with E-state index >= 15 is 0 Å². The second-order valence-electron chi connectivity index (χ2n) is 5.55. The number of aryl methyl sites for hydroxylation is 1. The van der Waals surface area contributed by atoms with Gasteiger partial charge < -0.3 is 16.0 Å². The molecule has 0 radical (unpaired) electrons. The Balaban J connectivity index is 1.67. The Labute approximate surface area is 132 Å². The molecule has 1 saturated carbocycles. The van der Waals surface area contributed by atoms with Crippen molar-refractivity contribution in [3.8, 4) is 0 Å². The van der Waals surface area contributed by atoms with Gasteiger partial charge >= 0.3 is 0 Å². The molecule has 1 aliphatic carbocycles. The van der Waals surface area contributed by atoms with E-state index in [1.54, 1.807) is 0 Å².